The maximum Gasteiger partial charge on any atom is 0.179 e. The van der Waals surface area contributed by atoms with E-state index in [4.69, 9.17) is 9.84 Å². The lowest BCUT2D eigenvalue weighted by molar-refractivity contribution is 0.194. The van der Waals surface area contributed by atoms with Crippen molar-refractivity contribution in [3.8, 4) is 17.2 Å². The molecule has 0 radical (unpaired) electrons. The van der Waals surface area contributed by atoms with E-state index in [0.29, 0.717) is 5.75 Å². The molecule has 8 heteroatoms. The molecule has 0 aliphatic rings. The first-order valence-corrected chi connectivity index (χ1v) is 11.0. The summed E-state index contributed by atoms with van der Waals surface area (Å²) in [5, 5.41) is 27.8. The molecule has 4 rings (SSSR count). The van der Waals surface area contributed by atoms with E-state index in [1.165, 1.54) is 0 Å². The molecule has 33 heavy (non-hydrogen) atoms. The predicted octanol–water partition coefficient (Wildman–Crippen LogP) is 3.93. The zero-order valence-electron chi connectivity index (χ0n) is 19.7. The maximum absolute atomic E-state index is 10.00. The first-order valence-electron chi connectivity index (χ1n) is 11.0. The molecule has 4 aromatic rings. The van der Waals surface area contributed by atoms with E-state index in [2.05, 4.69) is 15.5 Å². The lowest BCUT2D eigenvalue weighted by Gasteiger charge is -2.22. The second-order valence-electron chi connectivity index (χ2n) is 8.29. The number of fused-ring (bicyclic) bond motifs is 1. The Morgan fingerprint density at radius 1 is 1.09 bits per heavy atom. The molecule has 2 heterocycles. The highest BCUT2D eigenvalue weighted by molar-refractivity contribution is 5.92. The molecular formula is C25H30N6O2. The van der Waals surface area contributed by atoms with Gasteiger partial charge in [-0.1, -0.05) is 24.3 Å². The van der Waals surface area contributed by atoms with E-state index in [0.717, 1.165) is 52.3 Å². The van der Waals surface area contributed by atoms with Crippen LogP contribution in [0, 0.1) is 13.8 Å². The molecule has 1 atom stereocenters. The molecule has 0 fully saturated rings. The number of phenolic OH excluding ortho intramolecular Hbond substituents is 1. The fourth-order valence-corrected chi connectivity index (χ4v) is 4.03. The molecule has 2 aromatic carbocycles. The number of benzene rings is 2. The third-order valence-corrected chi connectivity index (χ3v) is 5.67. The summed E-state index contributed by atoms with van der Waals surface area (Å²) in [6.07, 6.45) is 0.505. The van der Waals surface area contributed by atoms with Gasteiger partial charge < -0.3 is 20.1 Å². The lowest BCUT2D eigenvalue weighted by atomic mass is 10.1. The van der Waals surface area contributed by atoms with Crippen LogP contribution < -0.4 is 15.0 Å². The standard InChI is InChI=1S/C25H30N6O2/c1-16-23-17(2)31(29-24(23)25(28-27-16)30(4)5)20-11-6-7-12-22(20)33-21(13-14-26-3)18-9-8-10-19(32)15-18/h6-12,15,21,26,32H,13-14H2,1-5H3. The molecule has 0 saturated carbocycles. The number of ether oxygens (including phenoxy) is 1. The zero-order valence-corrected chi connectivity index (χ0v) is 19.7. The van der Waals surface area contributed by atoms with Gasteiger partial charge in [0.2, 0.25) is 0 Å². The number of para-hydroxylation sites is 2. The van der Waals surface area contributed by atoms with Crippen molar-refractivity contribution in [3.05, 3.63) is 65.5 Å². The number of aromatic hydroxyl groups is 1. The third kappa shape index (κ3) is 4.47. The molecule has 0 saturated heterocycles. The molecule has 0 aliphatic carbocycles. The Kier molecular flexibility index (Phi) is 6.46. The summed E-state index contributed by atoms with van der Waals surface area (Å²) in [6, 6.07) is 15.1. The van der Waals surface area contributed by atoms with Crippen LogP contribution in [0.5, 0.6) is 11.5 Å². The predicted molar refractivity (Wildman–Crippen MR) is 130 cm³/mol. The molecule has 1 unspecified atom stereocenters. The summed E-state index contributed by atoms with van der Waals surface area (Å²) in [5.74, 6) is 1.66. The van der Waals surface area contributed by atoms with Crippen molar-refractivity contribution < 1.29 is 9.84 Å². The second-order valence-corrected chi connectivity index (χ2v) is 8.29. The van der Waals surface area contributed by atoms with Gasteiger partial charge in [-0.25, -0.2) is 4.68 Å². The minimum atomic E-state index is -0.238. The topological polar surface area (TPSA) is 88.3 Å². The van der Waals surface area contributed by atoms with Crippen molar-refractivity contribution in [1.82, 2.24) is 25.3 Å². The molecule has 172 valence electrons. The Balaban J connectivity index is 1.80. The largest absolute Gasteiger partial charge is 0.508 e. The Bertz CT molecular complexity index is 1270. The number of hydrogen-bond donors (Lipinski definition) is 2. The summed E-state index contributed by atoms with van der Waals surface area (Å²) in [7, 11) is 5.79. The number of aromatic nitrogens is 4. The normalized spacial score (nSPS) is 12.2. The van der Waals surface area contributed by atoms with Gasteiger partial charge in [0, 0.05) is 20.5 Å². The van der Waals surface area contributed by atoms with E-state index < -0.39 is 0 Å². The number of anilines is 1. The van der Waals surface area contributed by atoms with Crippen LogP contribution >= 0.6 is 0 Å². The van der Waals surface area contributed by atoms with Crippen molar-refractivity contribution in [3.63, 3.8) is 0 Å². The Morgan fingerprint density at radius 3 is 2.61 bits per heavy atom. The van der Waals surface area contributed by atoms with Gasteiger partial charge >= 0.3 is 0 Å². The van der Waals surface area contributed by atoms with Gasteiger partial charge in [0.1, 0.15) is 28.8 Å². The van der Waals surface area contributed by atoms with Gasteiger partial charge in [-0.2, -0.15) is 10.2 Å². The monoisotopic (exact) mass is 446 g/mol. The smallest absolute Gasteiger partial charge is 0.179 e. The fraction of sp³-hybridized carbons (Fsp3) is 0.320. The first-order chi connectivity index (χ1) is 15.9. The number of phenols is 1. The van der Waals surface area contributed by atoms with Gasteiger partial charge in [0.15, 0.2) is 5.82 Å². The highest BCUT2D eigenvalue weighted by atomic mass is 16.5. The molecule has 0 amide bonds. The Labute approximate surface area is 193 Å². The van der Waals surface area contributed by atoms with Crippen LogP contribution in [0.25, 0.3) is 16.6 Å². The molecule has 2 N–H and O–H groups in total. The van der Waals surface area contributed by atoms with Crippen molar-refractivity contribution in [2.24, 2.45) is 0 Å². The minimum absolute atomic E-state index is 0.222. The SMILES string of the molecule is CNCCC(Oc1ccccc1-n1nc2c(N(C)C)nnc(C)c2c1C)c1cccc(O)c1. The van der Waals surface area contributed by atoms with E-state index in [1.807, 2.05) is 81.0 Å². The highest BCUT2D eigenvalue weighted by Crippen LogP contribution is 2.34. The first kappa shape index (κ1) is 22.5. The van der Waals surface area contributed by atoms with Crippen LogP contribution in [0.1, 0.15) is 29.5 Å². The summed E-state index contributed by atoms with van der Waals surface area (Å²) < 4.78 is 8.45. The molecule has 8 nitrogen and oxygen atoms in total. The van der Waals surface area contributed by atoms with Gasteiger partial charge in [-0.15, -0.1) is 5.10 Å². The summed E-state index contributed by atoms with van der Waals surface area (Å²) in [5.41, 5.74) is 4.37. The van der Waals surface area contributed by atoms with E-state index in [1.54, 1.807) is 12.1 Å². The van der Waals surface area contributed by atoms with Gasteiger partial charge in [0.25, 0.3) is 0 Å². The highest BCUT2D eigenvalue weighted by Gasteiger charge is 2.21. The fourth-order valence-electron chi connectivity index (χ4n) is 4.03. The summed E-state index contributed by atoms with van der Waals surface area (Å²) >= 11 is 0. The van der Waals surface area contributed by atoms with Crippen LogP contribution in [0.2, 0.25) is 0 Å². The number of rotatable bonds is 8. The molecular weight excluding hydrogens is 416 g/mol. The molecule has 2 aromatic heterocycles. The second kappa shape index (κ2) is 9.46. The summed E-state index contributed by atoms with van der Waals surface area (Å²) in [4.78, 5) is 1.92. The number of nitrogens with one attached hydrogen (secondary N) is 1. The number of aryl methyl sites for hydroxylation is 2. The van der Waals surface area contributed by atoms with Gasteiger partial charge in [-0.05, 0) is 57.3 Å². The third-order valence-electron chi connectivity index (χ3n) is 5.67. The van der Waals surface area contributed by atoms with E-state index in [-0.39, 0.29) is 11.9 Å². The lowest BCUT2D eigenvalue weighted by Crippen LogP contribution is -2.17. The summed E-state index contributed by atoms with van der Waals surface area (Å²) in [6.45, 7) is 4.76. The van der Waals surface area contributed by atoms with Gasteiger partial charge in [-0.3, -0.25) is 0 Å². The quantitative estimate of drug-likeness (QED) is 0.424. The van der Waals surface area contributed by atoms with Crippen LogP contribution in [-0.4, -0.2) is 52.8 Å². The van der Waals surface area contributed by atoms with E-state index >= 15 is 0 Å². The number of nitrogens with zero attached hydrogens (tertiary/aromatic N) is 5. The van der Waals surface area contributed by atoms with Crippen LogP contribution in [0.3, 0.4) is 0 Å². The average Bonchev–Trinajstić information content (AvgIpc) is 3.14. The average molecular weight is 447 g/mol. The molecule has 0 bridgehead atoms. The van der Waals surface area contributed by atoms with Crippen molar-refractivity contribution in [2.75, 3.05) is 32.6 Å². The van der Waals surface area contributed by atoms with E-state index in [9.17, 15) is 5.11 Å². The van der Waals surface area contributed by atoms with Crippen LogP contribution in [0.4, 0.5) is 5.82 Å². The molecule has 0 aliphatic heterocycles. The van der Waals surface area contributed by atoms with Crippen molar-refractivity contribution in [2.45, 2.75) is 26.4 Å². The Hall–Kier alpha value is -3.65. The number of hydrogen-bond acceptors (Lipinski definition) is 7. The van der Waals surface area contributed by atoms with Crippen LogP contribution in [0.15, 0.2) is 48.5 Å². The van der Waals surface area contributed by atoms with Crippen molar-refractivity contribution >= 4 is 16.7 Å². The van der Waals surface area contributed by atoms with Crippen molar-refractivity contribution in [1.29, 1.82) is 0 Å². The molecule has 0 spiro atoms. The minimum Gasteiger partial charge on any atom is -0.508 e. The Morgan fingerprint density at radius 2 is 1.88 bits per heavy atom. The van der Waals surface area contributed by atoms with Gasteiger partial charge in [0.05, 0.1) is 16.8 Å². The maximum atomic E-state index is 10.00. The zero-order chi connectivity index (χ0) is 23.5. The van der Waals surface area contributed by atoms with Crippen LogP contribution in [-0.2, 0) is 0 Å².